The standard InChI is InChI=1S/C24H20N2O4/c27-22(26-24(21-9-6-16-28-21)18-7-2-1-3-8-18)17-29-19-11-13-20(14-12-19)30-23-10-4-5-15-25-23/h1-16,24H,17H2,(H,26,27). The van der Waals surface area contributed by atoms with Crippen LogP contribution in [0.1, 0.15) is 17.4 Å². The van der Waals surface area contributed by atoms with Gasteiger partial charge in [0.25, 0.3) is 5.91 Å². The minimum absolute atomic E-state index is 0.121. The van der Waals surface area contributed by atoms with Crippen molar-refractivity contribution in [3.05, 3.63) is 109 Å². The average Bonchev–Trinajstić information content (AvgIpc) is 3.33. The summed E-state index contributed by atoms with van der Waals surface area (Å²) < 4.78 is 16.8. The quantitative estimate of drug-likeness (QED) is 0.462. The van der Waals surface area contributed by atoms with Gasteiger partial charge in [-0.25, -0.2) is 4.98 Å². The summed E-state index contributed by atoms with van der Waals surface area (Å²) in [6.45, 7) is -0.121. The molecule has 0 radical (unpaired) electrons. The maximum absolute atomic E-state index is 12.5. The largest absolute Gasteiger partial charge is 0.484 e. The van der Waals surface area contributed by atoms with Gasteiger partial charge in [-0.3, -0.25) is 4.79 Å². The molecule has 4 rings (SSSR count). The molecule has 6 heteroatoms. The van der Waals surface area contributed by atoms with Gasteiger partial charge in [0.05, 0.1) is 6.26 Å². The smallest absolute Gasteiger partial charge is 0.258 e. The number of ether oxygens (including phenoxy) is 2. The first kappa shape index (κ1) is 19.3. The number of pyridine rings is 1. The highest BCUT2D eigenvalue weighted by atomic mass is 16.5. The molecule has 1 unspecified atom stereocenters. The van der Waals surface area contributed by atoms with E-state index in [0.29, 0.717) is 23.1 Å². The number of nitrogens with zero attached hydrogens (tertiary/aromatic N) is 1. The summed E-state index contributed by atoms with van der Waals surface area (Å²) in [4.78, 5) is 16.6. The van der Waals surface area contributed by atoms with E-state index < -0.39 is 0 Å². The molecule has 2 aromatic heterocycles. The second-order valence-corrected chi connectivity index (χ2v) is 6.46. The van der Waals surface area contributed by atoms with Crippen LogP contribution in [0.3, 0.4) is 0 Å². The summed E-state index contributed by atoms with van der Waals surface area (Å²) in [5.74, 6) is 2.11. The number of carbonyl (C=O) groups excluding carboxylic acids is 1. The van der Waals surface area contributed by atoms with Crippen LogP contribution in [0.5, 0.6) is 17.4 Å². The Morgan fingerprint density at radius 2 is 1.67 bits per heavy atom. The number of hydrogen-bond donors (Lipinski definition) is 1. The number of rotatable bonds is 8. The summed E-state index contributed by atoms with van der Waals surface area (Å²) in [5.41, 5.74) is 0.928. The van der Waals surface area contributed by atoms with Crippen molar-refractivity contribution in [1.82, 2.24) is 10.3 Å². The third-order valence-electron chi connectivity index (χ3n) is 4.32. The Morgan fingerprint density at radius 1 is 0.900 bits per heavy atom. The van der Waals surface area contributed by atoms with E-state index >= 15 is 0 Å². The lowest BCUT2D eigenvalue weighted by Gasteiger charge is -2.17. The van der Waals surface area contributed by atoms with Crippen LogP contribution in [0.15, 0.2) is 102 Å². The van der Waals surface area contributed by atoms with Crippen LogP contribution in [0.2, 0.25) is 0 Å². The van der Waals surface area contributed by atoms with Crippen LogP contribution in [0.4, 0.5) is 0 Å². The predicted octanol–water partition coefficient (Wildman–Crippen LogP) is 4.75. The van der Waals surface area contributed by atoms with Crippen LogP contribution in [0, 0.1) is 0 Å². The van der Waals surface area contributed by atoms with Crippen molar-refractivity contribution in [2.24, 2.45) is 0 Å². The fourth-order valence-corrected chi connectivity index (χ4v) is 2.90. The van der Waals surface area contributed by atoms with Gasteiger partial charge >= 0.3 is 0 Å². The number of carbonyl (C=O) groups is 1. The molecule has 0 aliphatic heterocycles. The Kier molecular flexibility index (Phi) is 6.05. The van der Waals surface area contributed by atoms with Crippen molar-refractivity contribution in [1.29, 1.82) is 0 Å². The van der Waals surface area contributed by atoms with Crippen molar-refractivity contribution in [2.45, 2.75) is 6.04 Å². The van der Waals surface area contributed by atoms with Gasteiger partial charge in [0, 0.05) is 12.3 Å². The summed E-state index contributed by atoms with van der Waals surface area (Å²) in [6, 6.07) is 25.3. The second-order valence-electron chi connectivity index (χ2n) is 6.46. The molecule has 1 atom stereocenters. The first-order valence-corrected chi connectivity index (χ1v) is 9.47. The summed E-state index contributed by atoms with van der Waals surface area (Å²) in [7, 11) is 0. The minimum Gasteiger partial charge on any atom is -0.484 e. The van der Waals surface area contributed by atoms with E-state index in [9.17, 15) is 4.79 Å². The zero-order valence-corrected chi connectivity index (χ0v) is 16.1. The van der Waals surface area contributed by atoms with E-state index in [4.69, 9.17) is 13.9 Å². The van der Waals surface area contributed by atoms with Gasteiger partial charge in [-0.15, -0.1) is 0 Å². The van der Waals surface area contributed by atoms with Crippen LogP contribution in [-0.4, -0.2) is 17.5 Å². The van der Waals surface area contributed by atoms with Crippen LogP contribution >= 0.6 is 0 Å². The van der Waals surface area contributed by atoms with Gasteiger partial charge in [-0.2, -0.15) is 0 Å². The molecular formula is C24H20N2O4. The van der Waals surface area contributed by atoms with Crippen molar-refractivity contribution in [2.75, 3.05) is 6.61 Å². The topological polar surface area (TPSA) is 73.6 Å². The Bertz CT molecular complexity index is 1050. The minimum atomic E-state index is -0.383. The number of benzene rings is 2. The first-order chi connectivity index (χ1) is 14.8. The van der Waals surface area contributed by atoms with Gasteiger partial charge in [-0.1, -0.05) is 36.4 Å². The molecule has 0 saturated carbocycles. The molecule has 150 valence electrons. The number of nitrogens with one attached hydrogen (secondary N) is 1. The zero-order chi connectivity index (χ0) is 20.6. The summed E-state index contributed by atoms with van der Waals surface area (Å²) >= 11 is 0. The molecule has 0 bridgehead atoms. The van der Waals surface area contributed by atoms with Crippen molar-refractivity contribution in [3.8, 4) is 17.4 Å². The molecule has 2 aromatic carbocycles. The van der Waals surface area contributed by atoms with Gasteiger partial charge in [0.1, 0.15) is 23.3 Å². The third kappa shape index (κ3) is 5.05. The Balaban J connectivity index is 1.34. The number of aromatic nitrogens is 1. The second kappa shape index (κ2) is 9.43. The van der Waals surface area contributed by atoms with E-state index in [1.54, 1.807) is 48.9 Å². The molecular weight excluding hydrogens is 380 g/mol. The van der Waals surface area contributed by atoms with E-state index in [1.807, 2.05) is 48.5 Å². The lowest BCUT2D eigenvalue weighted by molar-refractivity contribution is -0.123. The van der Waals surface area contributed by atoms with E-state index in [-0.39, 0.29) is 18.6 Å². The highest BCUT2D eigenvalue weighted by molar-refractivity contribution is 5.78. The summed E-state index contributed by atoms with van der Waals surface area (Å²) in [5, 5.41) is 2.96. The lowest BCUT2D eigenvalue weighted by atomic mass is 10.0. The molecule has 1 N–H and O–H groups in total. The van der Waals surface area contributed by atoms with E-state index in [1.165, 1.54) is 0 Å². The molecule has 0 saturated heterocycles. The maximum Gasteiger partial charge on any atom is 0.258 e. The van der Waals surface area contributed by atoms with E-state index in [0.717, 1.165) is 5.56 Å². The van der Waals surface area contributed by atoms with Crippen molar-refractivity contribution >= 4 is 5.91 Å². The normalized spacial score (nSPS) is 11.5. The zero-order valence-electron chi connectivity index (χ0n) is 16.1. The Labute approximate surface area is 174 Å². The molecule has 0 aliphatic carbocycles. The molecule has 0 spiro atoms. The predicted molar refractivity (Wildman–Crippen MR) is 111 cm³/mol. The lowest BCUT2D eigenvalue weighted by Crippen LogP contribution is -2.33. The molecule has 0 fully saturated rings. The van der Waals surface area contributed by atoms with Crippen molar-refractivity contribution in [3.63, 3.8) is 0 Å². The van der Waals surface area contributed by atoms with Gasteiger partial charge in [0.15, 0.2) is 6.61 Å². The van der Waals surface area contributed by atoms with Gasteiger partial charge in [-0.05, 0) is 48.0 Å². The summed E-state index contributed by atoms with van der Waals surface area (Å²) in [6.07, 6.45) is 3.25. The van der Waals surface area contributed by atoms with Gasteiger partial charge in [0.2, 0.25) is 5.88 Å². The number of furan rings is 1. The van der Waals surface area contributed by atoms with Crippen LogP contribution in [-0.2, 0) is 4.79 Å². The van der Waals surface area contributed by atoms with Crippen LogP contribution < -0.4 is 14.8 Å². The van der Waals surface area contributed by atoms with Gasteiger partial charge < -0.3 is 19.2 Å². The Morgan fingerprint density at radius 3 is 2.37 bits per heavy atom. The highest BCUT2D eigenvalue weighted by Gasteiger charge is 2.19. The molecule has 6 nitrogen and oxygen atoms in total. The fourth-order valence-electron chi connectivity index (χ4n) is 2.90. The SMILES string of the molecule is O=C(COc1ccc(Oc2ccccn2)cc1)NC(c1ccccc1)c1ccco1. The van der Waals surface area contributed by atoms with Crippen LogP contribution in [0.25, 0.3) is 0 Å². The Hall–Kier alpha value is -4.06. The molecule has 2 heterocycles. The first-order valence-electron chi connectivity index (χ1n) is 9.47. The highest BCUT2D eigenvalue weighted by Crippen LogP contribution is 2.23. The maximum atomic E-state index is 12.5. The fraction of sp³-hybridized carbons (Fsp3) is 0.0833. The monoisotopic (exact) mass is 400 g/mol. The third-order valence-corrected chi connectivity index (χ3v) is 4.32. The molecule has 30 heavy (non-hydrogen) atoms. The number of hydrogen-bond acceptors (Lipinski definition) is 5. The molecule has 0 aliphatic rings. The molecule has 1 amide bonds. The van der Waals surface area contributed by atoms with E-state index in [2.05, 4.69) is 10.3 Å². The average molecular weight is 400 g/mol. The molecule has 4 aromatic rings. The number of amides is 1. The van der Waals surface area contributed by atoms with Crippen molar-refractivity contribution < 1.29 is 18.7 Å².